The van der Waals surface area contributed by atoms with E-state index in [2.05, 4.69) is 27.8 Å². The molecule has 21 nitrogen and oxygen atoms in total. The first kappa shape index (κ1) is 48.2. The number of carbonyl (C=O) groups is 2. The Labute approximate surface area is 368 Å². The second-order valence-corrected chi connectivity index (χ2v) is 18.2. The van der Waals surface area contributed by atoms with Crippen molar-refractivity contribution in [2.45, 2.75) is 154 Å². The summed E-state index contributed by atoms with van der Waals surface area (Å²) in [5.41, 5.74) is 1.18. The van der Waals surface area contributed by atoms with Crippen LogP contribution in [0.4, 0.5) is 10.5 Å². The highest BCUT2D eigenvalue weighted by Gasteiger charge is 2.59. The van der Waals surface area contributed by atoms with Crippen molar-refractivity contribution in [1.29, 1.82) is 0 Å². The van der Waals surface area contributed by atoms with Crippen molar-refractivity contribution in [3.8, 4) is 11.8 Å². The number of thioether (sulfide) groups is 1. The van der Waals surface area contributed by atoms with Crippen molar-refractivity contribution < 1.29 is 84.3 Å². The number of amides is 3. The minimum absolute atomic E-state index is 0.119. The summed E-state index contributed by atoms with van der Waals surface area (Å²) in [6.45, 7) is -1.29. The topological polar surface area (TPSA) is 322 Å². The van der Waals surface area contributed by atoms with Gasteiger partial charge in [-0.2, -0.15) is 11.8 Å². The van der Waals surface area contributed by atoms with E-state index in [0.29, 0.717) is 42.4 Å². The number of carbonyl (C=O) groups excluding carboxylic acids is 2. The second kappa shape index (κ2) is 21.2. The fourth-order valence-electron chi connectivity index (χ4n) is 8.95. The van der Waals surface area contributed by atoms with Crippen LogP contribution >= 0.6 is 11.8 Å². The van der Waals surface area contributed by atoms with Crippen LogP contribution in [0.2, 0.25) is 0 Å². The molecule has 22 heteroatoms. The molecule has 18 atom stereocenters. The van der Waals surface area contributed by atoms with Gasteiger partial charge in [0.05, 0.1) is 25.3 Å². The number of urea groups is 1. The van der Waals surface area contributed by atoms with Crippen molar-refractivity contribution >= 4 is 29.4 Å². The lowest BCUT2D eigenvalue weighted by atomic mass is 9.92. The molecule has 352 valence electrons. The average Bonchev–Trinajstić information content (AvgIpc) is 3.92. The van der Waals surface area contributed by atoms with Gasteiger partial charge in [-0.05, 0) is 63.0 Å². The third kappa shape index (κ3) is 10.8. The van der Waals surface area contributed by atoms with E-state index >= 15 is 0 Å². The standard InChI is InChI=1S/C41H60N4O17S/c46-16-24-30(50)37(56)41(19-47,61-24)62-39-35(55)31(51)29(49)25(59-39)17-58-38-34(54)32(52)33(53)36(60-38)23(45-14-4-1-5-15-45)13-10-20-8-11-21(12-9-20)42-27(48)7-3-2-6-26-28-22(18-63-26)43-40(57)44-28/h8-9,11-12,22-26,28-39,46-47,49-56H,1-7,14-19H2,(H,42,48)(H2,43,44,57)/t22-,23?,24+,25+,26-,28-,29+,30+,31-,32-,33+,34+,35+,36+,37-,38-,39+,41-/m0/s1. The van der Waals surface area contributed by atoms with Gasteiger partial charge in [-0.1, -0.05) is 24.7 Å². The van der Waals surface area contributed by atoms with Gasteiger partial charge in [-0.25, -0.2) is 4.79 Å². The Morgan fingerprint density at radius 3 is 2.29 bits per heavy atom. The molecule has 0 spiro atoms. The zero-order valence-corrected chi connectivity index (χ0v) is 35.3. The Bertz CT molecular complexity index is 1760. The number of fused-ring (bicyclic) bond motifs is 1. The summed E-state index contributed by atoms with van der Waals surface area (Å²) in [7, 11) is 0. The minimum Gasteiger partial charge on any atom is -0.394 e. The molecule has 1 aromatic carbocycles. The maximum Gasteiger partial charge on any atom is 0.315 e. The summed E-state index contributed by atoms with van der Waals surface area (Å²) in [6, 6.07) is 6.31. The molecule has 6 aliphatic heterocycles. The van der Waals surface area contributed by atoms with Gasteiger partial charge in [0.1, 0.15) is 79.8 Å². The fourth-order valence-corrected chi connectivity index (χ4v) is 10.5. The summed E-state index contributed by atoms with van der Waals surface area (Å²) in [5, 5.41) is 115. The van der Waals surface area contributed by atoms with Gasteiger partial charge in [-0.15, -0.1) is 0 Å². The Morgan fingerprint density at radius 2 is 1.59 bits per heavy atom. The van der Waals surface area contributed by atoms with Gasteiger partial charge in [-0.3, -0.25) is 9.69 Å². The number of aliphatic hydroxyl groups excluding tert-OH is 10. The normalized spacial score (nSPS) is 41.0. The third-order valence-electron chi connectivity index (χ3n) is 12.6. The van der Waals surface area contributed by atoms with Gasteiger partial charge in [0, 0.05) is 28.7 Å². The van der Waals surface area contributed by atoms with Crippen LogP contribution in [0.15, 0.2) is 24.3 Å². The molecule has 6 aliphatic rings. The van der Waals surface area contributed by atoms with Gasteiger partial charge >= 0.3 is 6.03 Å². The number of nitrogens with one attached hydrogen (secondary N) is 3. The number of anilines is 1. The molecular weight excluding hydrogens is 853 g/mol. The molecule has 3 amide bonds. The first-order valence-corrected chi connectivity index (χ1v) is 22.6. The van der Waals surface area contributed by atoms with Gasteiger partial charge in [0.15, 0.2) is 12.6 Å². The predicted octanol–water partition coefficient (Wildman–Crippen LogP) is -3.99. The summed E-state index contributed by atoms with van der Waals surface area (Å²) < 4.78 is 28.5. The quantitative estimate of drug-likeness (QED) is 0.0453. The highest BCUT2D eigenvalue weighted by atomic mass is 32.2. The van der Waals surface area contributed by atoms with Crippen molar-refractivity contribution in [1.82, 2.24) is 15.5 Å². The first-order chi connectivity index (χ1) is 30.2. The van der Waals surface area contributed by atoms with Crippen LogP contribution in [0.3, 0.4) is 0 Å². The molecule has 1 aromatic rings. The number of ether oxygens (including phenoxy) is 5. The minimum atomic E-state index is -2.40. The third-order valence-corrected chi connectivity index (χ3v) is 14.1. The number of likely N-dealkylation sites (tertiary alicyclic amines) is 1. The highest BCUT2D eigenvalue weighted by molar-refractivity contribution is 8.00. The summed E-state index contributed by atoms with van der Waals surface area (Å²) in [6.07, 6.45) is -16.7. The van der Waals surface area contributed by atoms with Gasteiger partial charge < -0.3 is 90.7 Å². The van der Waals surface area contributed by atoms with Crippen LogP contribution in [0.1, 0.15) is 50.5 Å². The molecule has 63 heavy (non-hydrogen) atoms. The number of nitrogens with zero attached hydrogens (tertiary/aromatic N) is 1. The molecule has 7 rings (SSSR count). The Balaban J connectivity index is 0.963. The lowest BCUT2D eigenvalue weighted by Crippen LogP contribution is -2.65. The number of hydrogen-bond donors (Lipinski definition) is 13. The highest BCUT2D eigenvalue weighted by Crippen LogP contribution is 2.37. The summed E-state index contributed by atoms with van der Waals surface area (Å²) in [5.74, 6) is 4.66. The monoisotopic (exact) mass is 912 g/mol. The summed E-state index contributed by atoms with van der Waals surface area (Å²) >= 11 is 1.84. The SMILES string of the molecule is O=C(CCCC[C@@H]1SC[C@@H]2NC(=O)N[C@@H]21)Nc1ccc(C#CC([C@H]2O[C@H](OC[C@H]3O[C@H](O[C@]4(CO)O[C@H](CO)[C@@H](O)[C@@H]4O)[C@H](O)[C@@H](O)[C@@H]3O)[C@H](O)[C@@H](O)[C@H]2O)N2CCCCC2)cc1. The molecule has 0 radical (unpaired) electrons. The van der Waals surface area contributed by atoms with Crippen LogP contribution in [-0.4, -0.2) is 215 Å². The molecule has 6 saturated heterocycles. The molecule has 1 unspecified atom stereocenters. The van der Waals surface area contributed by atoms with Crippen molar-refractivity contribution in [2.75, 3.05) is 44.0 Å². The molecule has 13 N–H and O–H groups in total. The van der Waals surface area contributed by atoms with Crippen molar-refractivity contribution in [3.05, 3.63) is 29.8 Å². The van der Waals surface area contributed by atoms with Crippen LogP contribution in [-0.2, 0) is 28.5 Å². The van der Waals surface area contributed by atoms with E-state index < -0.39 is 111 Å². The van der Waals surface area contributed by atoms with Crippen molar-refractivity contribution in [3.63, 3.8) is 0 Å². The zero-order chi connectivity index (χ0) is 45.0. The Morgan fingerprint density at radius 1 is 0.873 bits per heavy atom. The molecular formula is C41H60N4O17S. The number of rotatable bonds is 15. The van der Waals surface area contributed by atoms with Crippen LogP contribution in [0.5, 0.6) is 0 Å². The molecule has 0 aromatic heterocycles. The number of piperidine rings is 1. The Hall–Kier alpha value is -2.77. The lowest BCUT2D eigenvalue weighted by Gasteiger charge is -2.46. The van der Waals surface area contributed by atoms with Crippen LogP contribution in [0.25, 0.3) is 0 Å². The molecule has 0 bridgehead atoms. The van der Waals surface area contributed by atoms with E-state index in [4.69, 9.17) is 23.7 Å². The largest absolute Gasteiger partial charge is 0.394 e. The van der Waals surface area contributed by atoms with E-state index in [1.807, 2.05) is 16.7 Å². The van der Waals surface area contributed by atoms with E-state index in [0.717, 1.165) is 37.9 Å². The van der Waals surface area contributed by atoms with Gasteiger partial charge in [0.2, 0.25) is 11.7 Å². The number of hydrogen-bond acceptors (Lipinski definition) is 19. The molecule has 0 saturated carbocycles. The van der Waals surface area contributed by atoms with Gasteiger partial charge in [0.25, 0.3) is 0 Å². The average molecular weight is 913 g/mol. The predicted molar refractivity (Wildman–Crippen MR) is 219 cm³/mol. The van der Waals surface area contributed by atoms with Crippen molar-refractivity contribution in [2.24, 2.45) is 0 Å². The van der Waals surface area contributed by atoms with E-state index in [9.17, 15) is 60.7 Å². The maximum atomic E-state index is 12.7. The Kier molecular flexibility index (Phi) is 16.2. The van der Waals surface area contributed by atoms with Crippen LogP contribution < -0.4 is 16.0 Å². The molecule has 6 heterocycles. The zero-order valence-electron chi connectivity index (χ0n) is 34.5. The first-order valence-electron chi connectivity index (χ1n) is 21.5. The maximum absolute atomic E-state index is 12.7. The van der Waals surface area contributed by atoms with E-state index in [1.54, 1.807) is 24.3 Å². The summed E-state index contributed by atoms with van der Waals surface area (Å²) in [4.78, 5) is 26.4. The smallest absolute Gasteiger partial charge is 0.315 e. The lowest BCUT2D eigenvalue weighted by molar-refractivity contribution is -0.388. The number of unbranched alkanes of at least 4 members (excludes halogenated alkanes) is 1. The second-order valence-electron chi connectivity index (χ2n) is 17.0. The van der Waals surface area contributed by atoms with E-state index in [1.165, 1.54) is 0 Å². The fraction of sp³-hybridized carbons (Fsp3) is 0.756. The number of aliphatic hydroxyl groups is 10. The number of benzene rings is 1. The van der Waals surface area contributed by atoms with Crippen LogP contribution in [0, 0.1) is 11.8 Å². The molecule has 6 fully saturated rings. The molecule has 0 aliphatic carbocycles. The van der Waals surface area contributed by atoms with E-state index in [-0.39, 0.29) is 24.0 Å².